The highest BCUT2D eigenvalue weighted by Gasteiger charge is 2.09. The molecule has 7 nitrogen and oxygen atoms in total. The fraction of sp³-hybridized carbons (Fsp3) is 0.0909. The van der Waals surface area contributed by atoms with Crippen LogP contribution in [0.15, 0.2) is 30.6 Å². The third-order valence-corrected chi connectivity index (χ3v) is 2.78. The van der Waals surface area contributed by atoms with Gasteiger partial charge in [-0.15, -0.1) is 5.10 Å². The molecule has 3 rings (SSSR count). The highest BCUT2D eigenvalue weighted by molar-refractivity contribution is 6.30. The molecular formula is C11H9ClN6O. The van der Waals surface area contributed by atoms with Gasteiger partial charge in [-0.1, -0.05) is 17.7 Å². The maximum Gasteiger partial charge on any atom is 0.242 e. The Bertz CT molecular complexity index is 728. The average molecular weight is 277 g/mol. The number of fused-ring (bicyclic) bond motifs is 1. The van der Waals surface area contributed by atoms with Gasteiger partial charge in [0.15, 0.2) is 0 Å². The third-order valence-electron chi connectivity index (χ3n) is 2.54. The Hall–Kier alpha value is -2.25. The lowest BCUT2D eigenvalue weighted by atomic mass is 10.2. The van der Waals surface area contributed by atoms with Gasteiger partial charge in [-0.2, -0.15) is 4.52 Å². The van der Waals surface area contributed by atoms with Crippen molar-refractivity contribution < 1.29 is 4.74 Å². The molecule has 0 spiro atoms. The van der Waals surface area contributed by atoms with E-state index in [1.807, 2.05) is 6.07 Å². The molecule has 0 fully saturated rings. The summed E-state index contributed by atoms with van der Waals surface area (Å²) in [4.78, 5) is 4.01. The Morgan fingerprint density at radius 1 is 1.32 bits per heavy atom. The molecule has 2 N–H and O–H groups in total. The van der Waals surface area contributed by atoms with Crippen molar-refractivity contribution in [1.82, 2.24) is 25.0 Å². The molecule has 0 aliphatic rings. The fourth-order valence-electron chi connectivity index (χ4n) is 1.63. The number of aromatic nitrogens is 5. The zero-order valence-electron chi connectivity index (χ0n) is 9.69. The molecule has 0 amide bonds. The van der Waals surface area contributed by atoms with Gasteiger partial charge in [0.05, 0.1) is 12.4 Å². The summed E-state index contributed by atoms with van der Waals surface area (Å²) in [5.74, 6) is 0.944. The number of hydrogen-bond acceptors (Lipinski definition) is 6. The monoisotopic (exact) mass is 276 g/mol. The van der Waals surface area contributed by atoms with Crippen LogP contribution in [0.5, 0.6) is 11.6 Å². The topological polar surface area (TPSA) is 91.2 Å². The van der Waals surface area contributed by atoms with Crippen molar-refractivity contribution in [2.24, 2.45) is 5.73 Å². The molecule has 19 heavy (non-hydrogen) atoms. The minimum absolute atomic E-state index is 0.339. The molecule has 1 aromatic carbocycles. The van der Waals surface area contributed by atoms with Crippen LogP contribution in [0.4, 0.5) is 0 Å². The van der Waals surface area contributed by atoms with Crippen LogP contribution in [0.25, 0.3) is 5.65 Å². The predicted octanol–water partition coefficient (Wildman–Crippen LogP) is 1.42. The van der Waals surface area contributed by atoms with Crippen LogP contribution in [0.1, 0.15) is 5.56 Å². The van der Waals surface area contributed by atoms with Gasteiger partial charge in [0.1, 0.15) is 5.75 Å². The van der Waals surface area contributed by atoms with E-state index in [9.17, 15) is 0 Å². The van der Waals surface area contributed by atoms with Crippen molar-refractivity contribution in [3.63, 3.8) is 0 Å². The average Bonchev–Trinajstić information content (AvgIpc) is 2.88. The number of halogens is 1. The summed E-state index contributed by atoms with van der Waals surface area (Å²) >= 11 is 5.95. The van der Waals surface area contributed by atoms with Crippen molar-refractivity contribution in [1.29, 1.82) is 0 Å². The van der Waals surface area contributed by atoms with Gasteiger partial charge in [0, 0.05) is 17.1 Å². The van der Waals surface area contributed by atoms with Gasteiger partial charge in [-0.25, -0.2) is 0 Å². The van der Waals surface area contributed by atoms with Crippen molar-refractivity contribution in [3.05, 3.63) is 41.2 Å². The first-order chi connectivity index (χ1) is 9.28. The number of ether oxygens (including phenoxy) is 1. The Morgan fingerprint density at radius 2 is 2.21 bits per heavy atom. The molecule has 96 valence electrons. The van der Waals surface area contributed by atoms with E-state index in [-0.39, 0.29) is 0 Å². The second kappa shape index (κ2) is 4.79. The summed E-state index contributed by atoms with van der Waals surface area (Å²) in [7, 11) is 0. The molecule has 0 saturated heterocycles. The molecule has 0 unspecified atom stereocenters. The van der Waals surface area contributed by atoms with Crippen LogP contribution in [-0.4, -0.2) is 25.0 Å². The molecule has 8 heteroatoms. The van der Waals surface area contributed by atoms with Crippen LogP contribution in [0, 0.1) is 0 Å². The molecule has 0 bridgehead atoms. The lowest BCUT2D eigenvalue weighted by molar-refractivity contribution is 0.437. The van der Waals surface area contributed by atoms with E-state index >= 15 is 0 Å². The minimum Gasteiger partial charge on any atom is -0.437 e. The van der Waals surface area contributed by atoms with Crippen molar-refractivity contribution in [2.45, 2.75) is 6.54 Å². The van der Waals surface area contributed by atoms with E-state index in [0.29, 0.717) is 28.8 Å². The van der Waals surface area contributed by atoms with E-state index < -0.39 is 0 Å². The van der Waals surface area contributed by atoms with E-state index in [1.54, 1.807) is 12.1 Å². The highest BCUT2D eigenvalue weighted by Crippen LogP contribution is 2.27. The Labute approximate surface area is 113 Å². The zero-order chi connectivity index (χ0) is 13.2. The first kappa shape index (κ1) is 11.8. The minimum atomic E-state index is 0.339. The number of rotatable bonds is 3. The van der Waals surface area contributed by atoms with Crippen LogP contribution in [-0.2, 0) is 6.54 Å². The molecule has 0 radical (unpaired) electrons. The third kappa shape index (κ3) is 2.20. The van der Waals surface area contributed by atoms with Crippen LogP contribution < -0.4 is 10.5 Å². The van der Waals surface area contributed by atoms with E-state index in [4.69, 9.17) is 22.1 Å². The highest BCUT2D eigenvalue weighted by atomic mass is 35.5. The lowest BCUT2D eigenvalue weighted by Crippen LogP contribution is -2.02. The molecular weight excluding hydrogens is 268 g/mol. The smallest absolute Gasteiger partial charge is 0.242 e. The van der Waals surface area contributed by atoms with Crippen molar-refractivity contribution >= 4 is 17.2 Å². The fourth-order valence-corrected chi connectivity index (χ4v) is 1.79. The second-order valence-corrected chi connectivity index (χ2v) is 4.19. The number of nitrogens with two attached hydrogens (primary N) is 1. The molecule has 0 saturated carbocycles. The second-order valence-electron chi connectivity index (χ2n) is 3.75. The maximum absolute atomic E-state index is 5.95. The van der Waals surface area contributed by atoms with Gasteiger partial charge >= 0.3 is 0 Å². The summed E-state index contributed by atoms with van der Waals surface area (Å²) in [5, 5.41) is 11.7. The standard InChI is InChI=1S/C11H9ClN6O/c12-8-2-1-7(4-13)9(3-8)19-11-6-14-5-10-15-16-17-18(10)11/h1-3,5-6H,4,13H2. The Balaban J connectivity index is 2.05. The SMILES string of the molecule is NCc1ccc(Cl)cc1Oc1cncc2nnnn12. The molecule has 2 heterocycles. The molecule has 0 aliphatic carbocycles. The van der Waals surface area contributed by atoms with Gasteiger partial charge in [-0.3, -0.25) is 4.98 Å². The van der Waals surface area contributed by atoms with Crippen LogP contribution in [0.2, 0.25) is 5.02 Å². The largest absolute Gasteiger partial charge is 0.437 e. The van der Waals surface area contributed by atoms with Gasteiger partial charge in [0.2, 0.25) is 11.5 Å². The summed E-state index contributed by atoms with van der Waals surface area (Å²) < 4.78 is 7.19. The molecule has 0 atom stereocenters. The van der Waals surface area contributed by atoms with Crippen molar-refractivity contribution in [3.8, 4) is 11.6 Å². The number of nitrogens with zero attached hydrogens (tertiary/aromatic N) is 5. The van der Waals surface area contributed by atoms with Crippen LogP contribution in [0.3, 0.4) is 0 Å². The van der Waals surface area contributed by atoms with E-state index in [2.05, 4.69) is 20.5 Å². The maximum atomic E-state index is 5.95. The summed E-state index contributed by atoms with van der Waals surface area (Å²) in [6, 6.07) is 5.25. The quantitative estimate of drug-likeness (QED) is 0.778. The number of benzene rings is 1. The first-order valence-corrected chi connectivity index (χ1v) is 5.84. The first-order valence-electron chi connectivity index (χ1n) is 5.46. The summed E-state index contributed by atoms with van der Waals surface area (Å²) in [5.41, 5.74) is 6.98. The normalized spacial score (nSPS) is 10.8. The summed E-state index contributed by atoms with van der Waals surface area (Å²) in [6.45, 7) is 0.339. The number of tetrazole rings is 1. The zero-order valence-corrected chi connectivity index (χ0v) is 10.4. The molecule has 2 aromatic heterocycles. The summed E-state index contributed by atoms with van der Waals surface area (Å²) in [6.07, 6.45) is 3.05. The lowest BCUT2D eigenvalue weighted by Gasteiger charge is -2.10. The van der Waals surface area contributed by atoms with Crippen molar-refractivity contribution in [2.75, 3.05) is 0 Å². The Kier molecular flexibility index (Phi) is 2.98. The van der Waals surface area contributed by atoms with E-state index in [0.717, 1.165) is 5.56 Å². The molecule has 0 aliphatic heterocycles. The van der Waals surface area contributed by atoms with E-state index in [1.165, 1.54) is 16.9 Å². The van der Waals surface area contributed by atoms with Gasteiger partial charge in [0.25, 0.3) is 0 Å². The predicted molar refractivity (Wildman–Crippen MR) is 68.0 cm³/mol. The number of hydrogen-bond donors (Lipinski definition) is 1. The Morgan fingerprint density at radius 3 is 3.05 bits per heavy atom. The van der Waals surface area contributed by atoms with Gasteiger partial charge < -0.3 is 10.5 Å². The van der Waals surface area contributed by atoms with Crippen LogP contribution >= 0.6 is 11.6 Å². The molecule has 3 aromatic rings. The van der Waals surface area contributed by atoms with Gasteiger partial charge in [-0.05, 0) is 22.6 Å².